The molecular weight excluding hydrogens is 522 g/mol. The summed E-state index contributed by atoms with van der Waals surface area (Å²) in [6.45, 7) is 8.18. The van der Waals surface area contributed by atoms with Crippen LogP contribution >= 0.6 is 28.2 Å². The fourth-order valence-corrected chi connectivity index (χ4v) is 2.75. The molecule has 1 aliphatic heterocycles. The van der Waals surface area contributed by atoms with Crippen molar-refractivity contribution in [2.75, 3.05) is 0 Å². The Morgan fingerprint density at radius 3 is 1.82 bits per heavy atom. The molecule has 0 N–H and O–H groups in total. The Labute approximate surface area is 187 Å². The molecule has 0 bridgehead atoms. The van der Waals surface area contributed by atoms with Gasteiger partial charge in [-0.05, 0) is 51.0 Å². The van der Waals surface area contributed by atoms with Crippen molar-refractivity contribution in [3.05, 3.63) is 71.4 Å². The van der Waals surface area contributed by atoms with Crippen LogP contribution in [0.1, 0.15) is 31.4 Å². The Hall–Kier alpha value is -1.33. The van der Waals surface area contributed by atoms with Gasteiger partial charge in [-0.1, -0.05) is 42.5 Å². The van der Waals surface area contributed by atoms with E-state index < -0.39 is 0 Å². The number of rotatable bonds is 4. The molecule has 2 aromatic carbocycles. The summed E-state index contributed by atoms with van der Waals surface area (Å²) in [7, 11) is 0. The third-order valence-corrected chi connectivity index (χ3v) is 4.34. The molecule has 0 atom stereocenters. The van der Waals surface area contributed by atoms with E-state index in [4.69, 9.17) is 15.0 Å². The minimum absolute atomic E-state index is 0.803. The fraction of sp³-hybridized carbons (Fsp3) is 0.227. The van der Waals surface area contributed by atoms with E-state index in [2.05, 4.69) is 60.3 Å². The van der Waals surface area contributed by atoms with Crippen LogP contribution in [0.5, 0.6) is 0 Å². The van der Waals surface area contributed by atoms with Crippen molar-refractivity contribution < 1.29 is 11.3 Å². The van der Waals surface area contributed by atoms with Gasteiger partial charge in [0.15, 0.2) is 0 Å². The van der Waals surface area contributed by atoms with E-state index in [0.717, 1.165) is 52.0 Å². The Morgan fingerprint density at radius 1 is 0.857 bits per heavy atom. The van der Waals surface area contributed by atoms with Gasteiger partial charge in [0, 0.05) is 6.42 Å². The monoisotopic (exact) mass is 543 g/mol. The molecule has 1 aliphatic rings. The summed E-state index contributed by atoms with van der Waals surface area (Å²) < 4.78 is 0. The van der Waals surface area contributed by atoms with E-state index in [1.165, 1.54) is 11.1 Å². The van der Waals surface area contributed by atoms with Gasteiger partial charge in [0.05, 0.1) is 34.2 Å². The minimum atomic E-state index is 0.803. The van der Waals surface area contributed by atoms with Crippen LogP contribution in [0, 0.1) is 13.8 Å². The zero-order valence-corrected chi connectivity index (χ0v) is 20.6. The van der Waals surface area contributed by atoms with Crippen LogP contribution in [0.25, 0.3) is 0 Å². The van der Waals surface area contributed by atoms with Crippen LogP contribution in [-0.2, 0) is 11.3 Å². The molecule has 0 saturated carbocycles. The molecular formula is C22H23Br2FeN3. The second-order valence-electron chi connectivity index (χ2n) is 6.37. The number of aliphatic imine (C=N–C) groups is 3. The van der Waals surface area contributed by atoms with E-state index in [1.54, 1.807) is 0 Å². The fourth-order valence-electron chi connectivity index (χ4n) is 2.75. The molecule has 0 spiro atoms. The molecule has 1 heterocycles. The van der Waals surface area contributed by atoms with Gasteiger partial charge in [-0.25, -0.2) is 4.99 Å². The van der Waals surface area contributed by atoms with Crippen LogP contribution in [-0.4, -0.2) is 17.1 Å². The predicted octanol–water partition coefficient (Wildman–Crippen LogP) is 7.61. The molecule has 0 fully saturated rings. The summed E-state index contributed by atoms with van der Waals surface area (Å²) in [5.74, 6) is 0. The first-order chi connectivity index (χ1) is 13.5. The SMILES string of the molecule is CC(=Nc1ccccc1C)C1=CCC(C(C)=Nc2ccccc2C)=N1.[Br][Fe][Br]. The van der Waals surface area contributed by atoms with Crippen molar-refractivity contribution in [2.24, 2.45) is 15.0 Å². The molecule has 2 aromatic rings. The average molecular weight is 545 g/mol. The van der Waals surface area contributed by atoms with Crippen LogP contribution < -0.4 is 0 Å². The summed E-state index contributed by atoms with van der Waals surface area (Å²) in [6, 6.07) is 16.3. The van der Waals surface area contributed by atoms with Gasteiger partial charge >= 0.3 is 39.6 Å². The second-order valence-corrected chi connectivity index (χ2v) is 11.9. The van der Waals surface area contributed by atoms with Gasteiger partial charge in [0.25, 0.3) is 0 Å². The van der Waals surface area contributed by atoms with Crippen molar-refractivity contribution >= 4 is 56.7 Å². The van der Waals surface area contributed by atoms with Gasteiger partial charge in [-0.3, -0.25) is 9.98 Å². The van der Waals surface area contributed by atoms with E-state index in [9.17, 15) is 0 Å². The summed E-state index contributed by atoms with van der Waals surface area (Å²) in [4.78, 5) is 14.2. The quantitative estimate of drug-likeness (QED) is 0.281. The molecule has 3 rings (SSSR count). The van der Waals surface area contributed by atoms with Crippen molar-refractivity contribution in [1.82, 2.24) is 0 Å². The summed E-state index contributed by atoms with van der Waals surface area (Å²) in [5, 5.41) is 0. The molecule has 148 valence electrons. The van der Waals surface area contributed by atoms with Crippen molar-refractivity contribution in [3.8, 4) is 0 Å². The third-order valence-electron chi connectivity index (χ3n) is 4.34. The zero-order chi connectivity index (χ0) is 20.5. The van der Waals surface area contributed by atoms with Gasteiger partial charge in [-0.2, -0.15) is 0 Å². The number of allylic oxidation sites excluding steroid dienone is 2. The molecule has 0 amide bonds. The van der Waals surface area contributed by atoms with Crippen LogP contribution in [0.4, 0.5) is 11.4 Å². The van der Waals surface area contributed by atoms with Gasteiger partial charge in [0.1, 0.15) is 0 Å². The number of halogens is 2. The predicted molar refractivity (Wildman–Crippen MR) is 126 cm³/mol. The number of benzene rings is 2. The Bertz CT molecular complexity index is 946. The van der Waals surface area contributed by atoms with E-state index >= 15 is 0 Å². The van der Waals surface area contributed by atoms with Crippen LogP contribution in [0.2, 0.25) is 0 Å². The third kappa shape index (κ3) is 6.63. The van der Waals surface area contributed by atoms with Crippen molar-refractivity contribution in [1.29, 1.82) is 0 Å². The molecule has 0 aliphatic carbocycles. The first-order valence-corrected chi connectivity index (χ1v) is 14.3. The first-order valence-electron chi connectivity index (χ1n) is 8.81. The Kier molecular flexibility index (Phi) is 9.52. The number of para-hydroxylation sites is 2. The summed E-state index contributed by atoms with van der Waals surface area (Å²) in [5.41, 5.74) is 8.19. The molecule has 0 unspecified atom stereocenters. The van der Waals surface area contributed by atoms with Gasteiger partial charge in [0.2, 0.25) is 0 Å². The summed E-state index contributed by atoms with van der Waals surface area (Å²) in [6.07, 6.45) is 2.93. The first kappa shape index (κ1) is 23.0. The van der Waals surface area contributed by atoms with Crippen molar-refractivity contribution in [2.45, 2.75) is 34.1 Å². The molecule has 0 radical (unpaired) electrons. The van der Waals surface area contributed by atoms with Crippen LogP contribution in [0.3, 0.4) is 0 Å². The van der Waals surface area contributed by atoms with E-state index in [1.807, 2.05) is 50.2 Å². The maximum atomic E-state index is 4.76. The van der Waals surface area contributed by atoms with Crippen molar-refractivity contribution in [3.63, 3.8) is 0 Å². The number of nitrogens with zero attached hydrogens (tertiary/aromatic N) is 3. The van der Waals surface area contributed by atoms with E-state index in [0.29, 0.717) is 0 Å². The maximum absolute atomic E-state index is 4.76. The zero-order valence-electron chi connectivity index (χ0n) is 16.4. The Morgan fingerprint density at radius 2 is 1.32 bits per heavy atom. The summed E-state index contributed by atoms with van der Waals surface area (Å²) >= 11 is 7.00. The van der Waals surface area contributed by atoms with Crippen LogP contribution in [0.15, 0.2) is 75.3 Å². The van der Waals surface area contributed by atoms with Gasteiger partial charge < -0.3 is 0 Å². The normalized spacial score (nSPS) is 14.4. The number of hydrogen-bond donors (Lipinski definition) is 0. The molecule has 0 aromatic heterocycles. The van der Waals surface area contributed by atoms with Gasteiger partial charge in [-0.15, -0.1) is 0 Å². The Balaban J connectivity index is 0.000000878. The van der Waals surface area contributed by atoms with E-state index in [-0.39, 0.29) is 0 Å². The number of hydrogen-bond acceptors (Lipinski definition) is 3. The number of aryl methyl sites for hydroxylation is 2. The molecule has 3 nitrogen and oxygen atoms in total. The molecule has 6 heteroatoms. The topological polar surface area (TPSA) is 37.1 Å². The average Bonchev–Trinajstić information content (AvgIpc) is 3.17. The standard InChI is InChI=1S/C22H23N3.2BrH.Fe/c1-15-9-5-7-11-19(15)23-17(3)21-13-14-22(25-21)18(4)24-20-12-8-6-10-16(20)2;;;/h5-13H,14H2,1-4H3;2*1H;/q;;;+2/p-2. The molecule has 28 heavy (non-hydrogen) atoms. The molecule has 0 saturated heterocycles. The second kappa shape index (κ2) is 11.6.